The van der Waals surface area contributed by atoms with Gasteiger partial charge in [0, 0.05) is 12.1 Å². The van der Waals surface area contributed by atoms with Gasteiger partial charge < -0.3 is 48.9 Å². The van der Waals surface area contributed by atoms with Crippen molar-refractivity contribution in [2.24, 2.45) is 0 Å². The van der Waals surface area contributed by atoms with Gasteiger partial charge in [-0.2, -0.15) is 0 Å². The van der Waals surface area contributed by atoms with Crippen LogP contribution in [0.25, 0.3) is 22.1 Å². The van der Waals surface area contributed by atoms with Gasteiger partial charge in [-0.15, -0.1) is 0 Å². The molecule has 2 aromatic carbocycles. The van der Waals surface area contributed by atoms with Crippen LogP contribution >= 0.6 is 0 Å². The van der Waals surface area contributed by atoms with Crippen molar-refractivity contribution >= 4 is 11.0 Å². The second-order valence-electron chi connectivity index (χ2n) is 7.68. The van der Waals surface area contributed by atoms with Gasteiger partial charge in [-0.25, -0.2) is 0 Å². The van der Waals surface area contributed by atoms with Gasteiger partial charge in [-0.1, -0.05) is 6.07 Å². The Kier molecular flexibility index (Phi) is 6.64. The zero-order chi connectivity index (χ0) is 24.6. The molecule has 3 aromatic rings. The molecule has 1 aliphatic heterocycles. The Bertz CT molecular complexity index is 1240. The van der Waals surface area contributed by atoms with E-state index < -0.39 is 42.7 Å². The molecule has 2 heterocycles. The standard InChI is InChI=1S/C23H24O11/c1-30-14-5-10(3-4-13(14)25)12-9-32-16-7-11(6-15(31-2)18(16)19(12)26)33-23-22(29)21(28)20(27)17(8-24)34-23/h3-7,9,17,20-25,27-29H,8H2,1-2H3/t17-,20-,21+,22-,23-/m1/s1. The van der Waals surface area contributed by atoms with Crippen molar-refractivity contribution in [2.45, 2.75) is 30.7 Å². The molecule has 0 saturated carbocycles. The van der Waals surface area contributed by atoms with E-state index in [1.165, 1.54) is 44.7 Å². The lowest BCUT2D eigenvalue weighted by Gasteiger charge is -2.39. The highest BCUT2D eigenvalue weighted by Crippen LogP contribution is 2.35. The van der Waals surface area contributed by atoms with Crippen LogP contribution in [0.2, 0.25) is 0 Å². The molecule has 5 N–H and O–H groups in total. The molecule has 182 valence electrons. The maximum Gasteiger partial charge on any atom is 0.229 e. The zero-order valence-electron chi connectivity index (χ0n) is 18.2. The number of phenolic OH excluding ortho intramolecular Hbond substituents is 1. The number of ether oxygens (including phenoxy) is 4. The van der Waals surface area contributed by atoms with E-state index in [2.05, 4.69) is 0 Å². The van der Waals surface area contributed by atoms with Gasteiger partial charge in [0.25, 0.3) is 0 Å². The van der Waals surface area contributed by atoms with E-state index in [0.717, 1.165) is 0 Å². The highest BCUT2D eigenvalue weighted by atomic mass is 16.7. The van der Waals surface area contributed by atoms with Gasteiger partial charge >= 0.3 is 0 Å². The lowest BCUT2D eigenvalue weighted by molar-refractivity contribution is -0.277. The van der Waals surface area contributed by atoms with Crippen LogP contribution in [-0.4, -0.2) is 77.1 Å². The first-order chi connectivity index (χ1) is 16.3. The molecular formula is C23H24O11. The fourth-order valence-corrected chi connectivity index (χ4v) is 3.77. The Morgan fingerprint density at radius 3 is 2.38 bits per heavy atom. The molecule has 11 nitrogen and oxygen atoms in total. The van der Waals surface area contributed by atoms with Gasteiger partial charge in [-0.05, 0) is 17.7 Å². The van der Waals surface area contributed by atoms with E-state index in [4.69, 9.17) is 23.4 Å². The third-order valence-electron chi connectivity index (χ3n) is 5.63. The van der Waals surface area contributed by atoms with Crippen LogP contribution in [0.1, 0.15) is 0 Å². The first kappa shape index (κ1) is 23.8. The molecule has 1 fully saturated rings. The number of fused-ring (bicyclic) bond motifs is 1. The molecule has 4 rings (SSSR count). The molecule has 5 atom stereocenters. The van der Waals surface area contributed by atoms with E-state index in [1.807, 2.05) is 0 Å². The molecule has 0 spiro atoms. The Labute approximate surface area is 192 Å². The third-order valence-corrected chi connectivity index (χ3v) is 5.63. The van der Waals surface area contributed by atoms with Crippen molar-refractivity contribution in [3.63, 3.8) is 0 Å². The van der Waals surface area contributed by atoms with Crippen molar-refractivity contribution in [3.8, 4) is 34.1 Å². The Morgan fingerprint density at radius 1 is 0.971 bits per heavy atom. The molecule has 34 heavy (non-hydrogen) atoms. The number of phenols is 1. The van der Waals surface area contributed by atoms with E-state index in [1.54, 1.807) is 6.07 Å². The van der Waals surface area contributed by atoms with Crippen LogP contribution in [0.5, 0.6) is 23.0 Å². The van der Waals surface area contributed by atoms with E-state index >= 15 is 0 Å². The summed E-state index contributed by atoms with van der Waals surface area (Å²) < 4.78 is 27.1. The molecule has 0 amide bonds. The molecular weight excluding hydrogens is 452 g/mol. The average Bonchev–Trinajstić information content (AvgIpc) is 2.84. The second-order valence-corrected chi connectivity index (χ2v) is 7.68. The molecule has 11 heteroatoms. The molecule has 0 radical (unpaired) electrons. The second kappa shape index (κ2) is 9.49. The van der Waals surface area contributed by atoms with Gasteiger partial charge in [0.1, 0.15) is 53.1 Å². The van der Waals surface area contributed by atoms with Gasteiger partial charge in [-0.3, -0.25) is 4.79 Å². The summed E-state index contributed by atoms with van der Waals surface area (Å²) in [5.41, 5.74) is 0.351. The van der Waals surface area contributed by atoms with Crippen LogP contribution in [0.4, 0.5) is 0 Å². The number of hydrogen-bond donors (Lipinski definition) is 5. The van der Waals surface area contributed by atoms with Crippen LogP contribution < -0.4 is 19.6 Å². The molecule has 0 aliphatic carbocycles. The summed E-state index contributed by atoms with van der Waals surface area (Å²) in [7, 11) is 2.74. The topological polar surface area (TPSA) is 168 Å². The van der Waals surface area contributed by atoms with E-state index in [-0.39, 0.29) is 39.5 Å². The van der Waals surface area contributed by atoms with Crippen LogP contribution in [0.3, 0.4) is 0 Å². The summed E-state index contributed by atoms with van der Waals surface area (Å²) in [4.78, 5) is 13.3. The Hall–Kier alpha value is -3.35. The molecule has 1 saturated heterocycles. The molecule has 0 bridgehead atoms. The summed E-state index contributed by atoms with van der Waals surface area (Å²) in [5.74, 6) is 0.297. The number of aromatic hydroxyl groups is 1. The van der Waals surface area contributed by atoms with Crippen molar-refractivity contribution in [2.75, 3.05) is 20.8 Å². The first-order valence-corrected chi connectivity index (χ1v) is 10.3. The van der Waals surface area contributed by atoms with Crippen LogP contribution in [0.15, 0.2) is 45.8 Å². The van der Waals surface area contributed by atoms with Crippen molar-refractivity contribution < 1.29 is 48.9 Å². The highest BCUT2D eigenvalue weighted by Gasteiger charge is 2.44. The number of benzene rings is 2. The molecule has 0 unspecified atom stereocenters. The zero-order valence-corrected chi connectivity index (χ0v) is 18.2. The predicted molar refractivity (Wildman–Crippen MR) is 117 cm³/mol. The van der Waals surface area contributed by atoms with E-state index in [0.29, 0.717) is 5.56 Å². The number of hydrogen-bond acceptors (Lipinski definition) is 11. The molecule has 1 aliphatic rings. The average molecular weight is 476 g/mol. The number of rotatable bonds is 6. The Balaban J connectivity index is 1.73. The van der Waals surface area contributed by atoms with Gasteiger partial charge in [0.05, 0.1) is 26.4 Å². The minimum atomic E-state index is -1.61. The number of aliphatic hydroxyl groups is 4. The summed E-state index contributed by atoms with van der Waals surface area (Å²) in [6.45, 7) is -0.606. The lowest BCUT2D eigenvalue weighted by atomic mass is 9.99. The highest BCUT2D eigenvalue weighted by molar-refractivity contribution is 5.88. The van der Waals surface area contributed by atoms with Crippen molar-refractivity contribution in [3.05, 3.63) is 46.8 Å². The SMILES string of the molecule is COc1cc(-c2coc3cc(O[C@@H]4O[C@H](CO)[C@@H](O)[C@H](O)[C@H]4O)cc(OC)c3c2=O)ccc1O. The predicted octanol–water partition coefficient (Wildman–Crippen LogP) is 0.361. The maximum atomic E-state index is 13.3. The normalized spacial score (nSPS) is 24.7. The monoisotopic (exact) mass is 476 g/mol. The van der Waals surface area contributed by atoms with Crippen molar-refractivity contribution in [1.29, 1.82) is 0 Å². The molecule has 1 aromatic heterocycles. The fourth-order valence-electron chi connectivity index (χ4n) is 3.77. The van der Waals surface area contributed by atoms with Gasteiger partial charge in [0.15, 0.2) is 11.5 Å². The minimum Gasteiger partial charge on any atom is -0.504 e. The van der Waals surface area contributed by atoms with Crippen molar-refractivity contribution in [1.82, 2.24) is 0 Å². The summed E-state index contributed by atoms with van der Waals surface area (Å²) in [6, 6.07) is 7.19. The fraction of sp³-hybridized carbons (Fsp3) is 0.348. The van der Waals surface area contributed by atoms with Gasteiger partial charge in [0.2, 0.25) is 11.7 Å². The smallest absolute Gasteiger partial charge is 0.229 e. The lowest BCUT2D eigenvalue weighted by Crippen LogP contribution is -2.60. The quantitative estimate of drug-likeness (QED) is 0.333. The maximum absolute atomic E-state index is 13.3. The van der Waals surface area contributed by atoms with E-state index in [9.17, 15) is 30.3 Å². The third kappa shape index (κ3) is 4.15. The summed E-state index contributed by atoms with van der Waals surface area (Å²) in [5, 5.41) is 49.4. The Morgan fingerprint density at radius 2 is 1.71 bits per heavy atom. The minimum absolute atomic E-state index is 0.0795. The summed E-state index contributed by atoms with van der Waals surface area (Å²) in [6.07, 6.45) is -6.07. The summed E-state index contributed by atoms with van der Waals surface area (Å²) >= 11 is 0. The largest absolute Gasteiger partial charge is 0.504 e. The first-order valence-electron chi connectivity index (χ1n) is 10.3. The number of aliphatic hydroxyl groups excluding tert-OH is 4. The number of methoxy groups -OCH3 is 2. The van der Waals surface area contributed by atoms with Crippen LogP contribution in [0, 0.1) is 0 Å². The van der Waals surface area contributed by atoms with Crippen LogP contribution in [-0.2, 0) is 4.74 Å².